The van der Waals surface area contributed by atoms with Crippen LogP contribution in [-0.2, 0) is 19.1 Å². The first-order valence-corrected chi connectivity index (χ1v) is 6.71. The van der Waals surface area contributed by atoms with Crippen LogP contribution in [0.4, 0.5) is 4.39 Å². The number of hydrogen-bond donors (Lipinski definition) is 1. The molecule has 0 spiro atoms. The second kappa shape index (κ2) is 5.64. The van der Waals surface area contributed by atoms with E-state index in [1.54, 1.807) is 7.05 Å². The number of nitrogens with zero attached hydrogens (tertiary/aromatic N) is 3. The molecule has 6 nitrogen and oxygen atoms in total. The Morgan fingerprint density at radius 2 is 2.14 bits per heavy atom. The van der Waals surface area contributed by atoms with Gasteiger partial charge < -0.3 is 4.74 Å². The lowest BCUT2D eigenvalue weighted by molar-refractivity contribution is 0.281. The van der Waals surface area contributed by atoms with Gasteiger partial charge in [0.15, 0.2) is 5.82 Å². The molecule has 0 bridgehead atoms. The van der Waals surface area contributed by atoms with Crippen LogP contribution in [0.2, 0.25) is 0 Å². The molecule has 0 fully saturated rings. The average molecular weight is 304 g/mol. The minimum Gasteiger partial charge on any atom is -0.485 e. The van der Waals surface area contributed by atoms with Crippen LogP contribution in [-0.4, -0.2) is 14.8 Å². The Labute approximate surface area is 127 Å². The molecular weight excluding hydrogens is 287 g/mol. The van der Waals surface area contributed by atoms with Crippen LogP contribution in [0.3, 0.4) is 0 Å². The van der Waals surface area contributed by atoms with Gasteiger partial charge in [-0.3, -0.25) is 4.57 Å². The molecule has 1 aromatic carbocycles. The summed E-state index contributed by atoms with van der Waals surface area (Å²) in [6.45, 7) is 5.85. The number of benzene rings is 1. The zero-order valence-corrected chi connectivity index (χ0v) is 12.9. The van der Waals surface area contributed by atoms with E-state index in [0.29, 0.717) is 17.1 Å². The standard InChI is InChI=1S/C15H17FN4O2/c1-15(2,3)10-5-9(7-17)11(16)6-12(10)22-8-13-18-19-14(21)20(13)4/h5-6H,8H2,1-4H3,(H,19,21). The zero-order chi connectivity index (χ0) is 16.5. The maximum absolute atomic E-state index is 13.8. The molecular formula is C15H17FN4O2. The number of nitrogens with one attached hydrogen (secondary N) is 1. The number of H-pyrrole nitrogens is 1. The Morgan fingerprint density at radius 3 is 2.64 bits per heavy atom. The lowest BCUT2D eigenvalue weighted by atomic mass is 9.85. The van der Waals surface area contributed by atoms with Crippen molar-refractivity contribution in [3.63, 3.8) is 0 Å². The van der Waals surface area contributed by atoms with Crippen molar-refractivity contribution in [2.75, 3.05) is 0 Å². The number of hydrogen-bond acceptors (Lipinski definition) is 4. The molecule has 1 heterocycles. The normalized spacial score (nSPS) is 11.3. The van der Waals surface area contributed by atoms with E-state index in [9.17, 15) is 9.18 Å². The maximum atomic E-state index is 13.8. The van der Waals surface area contributed by atoms with Crippen LogP contribution in [0.15, 0.2) is 16.9 Å². The Bertz CT molecular complexity index is 793. The molecule has 0 aliphatic heterocycles. The third-order valence-corrected chi connectivity index (χ3v) is 3.33. The minimum atomic E-state index is -0.638. The Kier molecular flexibility index (Phi) is 4.04. The number of aromatic amines is 1. The van der Waals surface area contributed by atoms with Crippen LogP contribution in [0.25, 0.3) is 0 Å². The molecule has 0 saturated carbocycles. The van der Waals surface area contributed by atoms with Gasteiger partial charge in [0.2, 0.25) is 0 Å². The third-order valence-electron chi connectivity index (χ3n) is 3.33. The van der Waals surface area contributed by atoms with Crippen LogP contribution >= 0.6 is 0 Å². The lowest BCUT2D eigenvalue weighted by Gasteiger charge is -2.23. The van der Waals surface area contributed by atoms with Crippen molar-refractivity contribution in [2.45, 2.75) is 32.8 Å². The second-order valence-corrected chi connectivity index (χ2v) is 5.98. The molecule has 0 unspecified atom stereocenters. The van der Waals surface area contributed by atoms with Crippen molar-refractivity contribution in [1.82, 2.24) is 14.8 Å². The zero-order valence-electron chi connectivity index (χ0n) is 12.9. The fourth-order valence-electron chi connectivity index (χ4n) is 2.00. The Morgan fingerprint density at radius 1 is 1.45 bits per heavy atom. The molecule has 0 aliphatic rings. The molecule has 0 saturated heterocycles. The summed E-state index contributed by atoms with van der Waals surface area (Å²) in [5.74, 6) is 0.0930. The predicted octanol–water partition coefficient (Wildman–Crippen LogP) is 2.00. The van der Waals surface area contributed by atoms with Crippen LogP contribution < -0.4 is 10.4 Å². The first-order valence-electron chi connectivity index (χ1n) is 6.71. The van der Waals surface area contributed by atoms with Crippen molar-refractivity contribution < 1.29 is 9.13 Å². The highest BCUT2D eigenvalue weighted by molar-refractivity contribution is 5.46. The molecule has 7 heteroatoms. The van der Waals surface area contributed by atoms with E-state index in [1.165, 1.54) is 16.7 Å². The van der Waals surface area contributed by atoms with Gasteiger partial charge in [-0.1, -0.05) is 20.8 Å². The van der Waals surface area contributed by atoms with Gasteiger partial charge in [-0.2, -0.15) is 10.4 Å². The molecule has 0 radical (unpaired) electrons. The van der Waals surface area contributed by atoms with Gasteiger partial charge in [0.05, 0.1) is 5.56 Å². The topological polar surface area (TPSA) is 83.7 Å². The number of halogens is 1. The smallest absolute Gasteiger partial charge is 0.343 e. The quantitative estimate of drug-likeness (QED) is 0.940. The van der Waals surface area contributed by atoms with Crippen molar-refractivity contribution >= 4 is 0 Å². The summed E-state index contributed by atoms with van der Waals surface area (Å²) in [5.41, 5.74) is 0.0163. The van der Waals surface area contributed by atoms with Gasteiger partial charge in [-0.15, -0.1) is 0 Å². The van der Waals surface area contributed by atoms with Gasteiger partial charge in [0.25, 0.3) is 0 Å². The monoisotopic (exact) mass is 304 g/mol. The first kappa shape index (κ1) is 15.8. The number of nitriles is 1. The summed E-state index contributed by atoms with van der Waals surface area (Å²) in [4.78, 5) is 11.3. The third kappa shape index (κ3) is 3.01. The molecule has 0 atom stereocenters. The molecule has 116 valence electrons. The molecule has 22 heavy (non-hydrogen) atoms. The molecule has 1 N–H and O–H groups in total. The van der Waals surface area contributed by atoms with Crippen LogP contribution in [0, 0.1) is 17.1 Å². The van der Waals surface area contributed by atoms with E-state index < -0.39 is 5.82 Å². The Hall–Kier alpha value is -2.62. The second-order valence-electron chi connectivity index (χ2n) is 5.98. The van der Waals surface area contributed by atoms with Crippen molar-refractivity contribution in [3.05, 3.63) is 45.4 Å². The summed E-state index contributed by atoms with van der Waals surface area (Å²) < 4.78 is 20.8. The van der Waals surface area contributed by atoms with Gasteiger partial charge >= 0.3 is 5.69 Å². The molecule has 1 aromatic heterocycles. The summed E-state index contributed by atoms with van der Waals surface area (Å²) in [6.07, 6.45) is 0. The molecule has 2 aromatic rings. The van der Waals surface area contributed by atoms with E-state index in [1.807, 2.05) is 26.8 Å². The van der Waals surface area contributed by atoms with E-state index in [-0.39, 0.29) is 23.3 Å². The fraction of sp³-hybridized carbons (Fsp3) is 0.400. The Balaban J connectivity index is 2.38. The van der Waals surface area contributed by atoms with Gasteiger partial charge in [0, 0.05) is 18.7 Å². The largest absolute Gasteiger partial charge is 0.485 e. The first-order chi connectivity index (χ1) is 10.2. The van der Waals surface area contributed by atoms with Gasteiger partial charge in [0.1, 0.15) is 24.2 Å². The van der Waals surface area contributed by atoms with E-state index in [0.717, 1.165) is 0 Å². The maximum Gasteiger partial charge on any atom is 0.343 e. The molecule has 2 rings (SSSR count). The predicted molar refractivity (Wildman–Crippen MR) is 78.0 cm³/mol. The molecule has 0 aliphatic carbocycles. The average Bonchev–Trinajstić information content (AvgIpc) is 2.75. The van der Waals surface area contributed by atoms with E-state index in [2.05, 4.69) is 10.2 Å². The van der Waals surface area contributed by atoms with E-state index >= 15 is 0 Å². The summed E-state index contributed by atoms with van der Waals surface area (Å²) in [5, 5.41) is 15.1. The van der Waals surface area contributed by atoms with Crippen LogP contribution in [0.1, 0.15) is 37.7 Å². The van der Waals surface area contributed by atoms with Crippen molar-refractivity contribution in [3.8, 4) is 11.8 Å². The number of rotatable bonds is 3. The number of ether oxygens (including phenoxy) is 1. The summed E-state index contributed by atoms with van der Waals surface area (Å²) in [7, 11) is 1.56. The fourth-order valence-corrected chi connectivity index (χ4v) is 2.00. The van der Waals surface area contributed by atoms with E-state index in [4.69, 9.17) is 10.00 Å². The van der Waals surface area contributed by atoms with Gasteiger partial charge in [-0.25, -0.2) is 14.3 Å². The van der Waals surface area contributed by atoms with Crippen molar-refractivity contribution in [1.29, 1.82) is 5.26 Å². The summed E-state index contributed by atoms with van der Waals surface area (Å²) >= 11 is 0. The highest BCUT2D eigenvalue weighted by atomic mass is 19.1. The van der Waals surface area contributed by atoms with Crippen molar-refractivity contribution in [2.24, 2.45) is 7.05 Å². The SMILES string of the molecule is Cn1c(COc2cc(F)c(C#N)cc2C(C)(C)C)n[nH]c1=O. The highest BCUT2D eigenvalue weighted by Crippen LogP contribution is 2.33. The number of aromatic nitrogens is 3. The lowest BCUT2D eigenvalue weighted by Crippen LogP contribution is -2.17. The summed E-state index contributed by atoms with van der Waals surface area (Å²) in [6, 6.07) is 4.52. The molecule has 0 amide bonds. The van der Waals surface area contributed by atoms with Crippen LogP contribution in [0.5, 0.6) is 5.75 Å². The van der Waals surface area contributed by atoms with Gasteiger partial charge in [-0.05, 0) is 11.5 Å². The highest BCUT2D eigenvalue weighted by Gasteiger charge is 2.22. The minimum absolute atomic E-state index is 0.0175.